The molecule has 1 aliphatic heterocycles. The Balaban J connectivity index is 2.29. The lowest BCUT2D eigenvalue weighted by Crippen LogP contribution is -2.42. The summed E-state index contributed by atoms with van der Waals surface area (Å²) in [5, 5.41) is 8.84. The molecular formula is C16H19FN2O2. The molecule has 0 aromatic heterocycles. The second-order valence-corrected chi connectivity index (χ2v) is 5.43. The topological polar surface area (TPSA) is 53.3 Å². The van der Waals surface area contributed by atoms with Gasteiger partial charge < -0.3 is 4.74 Å². The number of ether oxygens (including phenoxy) is 1. The van der Waals surface area contributed by atoms with Crippen LogP contribution < -0.4 is 0 Å². The van der Waals surface area contributed by atoms with Gasteiger partial charge in [0.05, 0.1) is 25.6 Å². The van der Waals surface area contributed by atoms with E-state index < -0.39 is 0 Å². The van der Waals surface area contributed by atoms with Gasteiger partial charge in [-0.25, -0.2) is 4.39 Å². The van der Waals surface area contributed by atoms with Crippen molar-refractivity contribution in [2.45, 2.75) is 19.3 Å². The van der Waals surface area contributed by atoms with E-state index in [4.69, 9.17) is 10.00 Å². The van der Waals surface area contributed by atoms with Gasteiger partial charge in [0.25, 0.3) is 0 Å². The number of halogens is 1. The molecule has 0 aliphatic carbocycles. The number of piperidine rings is 1. The minimum Gasteiger partial charge on any atom is -0.469 e. The molecule has 1 heterocycles. The van der Waals surface area contributed by atoms with Gasteiger partial charge in [0, 0.05) is 19.0 Å². The number of aryl methyl sites for hydroxylation is 1. The summed E-state index contributed by atoms with van der Waals surface area (Å²) in [6.45, 7) is 3.36. The summed E-state index contributed by atoms with van der Waals surface area (Å²) in [6.07, 6.45) is 0.648. The zero-order valence-corrected chi connectivity index (χ0v) is 12.3. The summed E-state index contributed by atoms with van der Waals surface area (Å²) in [6, 6.07) is 7.08. The molecule has 1 aromatic rings. The lowest BCUT2D eigenvalue weighted by Gasteiger charge is -2.36. The van der Waals surface area contributed by atoms with Crippen molar-refractivity contribution >= 4 is 5.97 Å². The summed E-state index contributed by atoms with van der Waals surface area (Å²) < 4.78 is 18.3. The van der Waals surface area contributed by atoms with Crippen molar-refractivity contribution in [3.63, 3.8) is 0 Å². The fourth-order valence-corrected chi connectivity index (χ4v) is 2.93. The number of benzene rings is 1. The van der Waals surface area contributed by atoms with Crippen molar-refractivity contribution in [1.29, 1.82) is 5.26 Å². The number of carbonyl (C=O) groups is 1. The second kappa shape index (κ2) is 6.68. The fraction of sp³-hybridized carbons (Fsp3) is 0.500. The average Bonchev–Trinajstić information content (AvgIpc) is 2.49. The number of carbonyl (C=O) groups excluding carboxylic acids is 1. The number of nitrogens with zero attached hydrogens (tertiary/aromatic N) is 2. The van der Waals surface area contributed by atoms with Crippen LogP contribution in [0, 0.1) is 30.0 Å². The summed E-state index contributed by atoms with van der Waals surface area (Å²) in [5.74, 6) is -0.801. The predicted molar refractivity (Wildman–Crippen MR) is 76.1 cm³/mol. The SMILES string of the molecule is COC(=O)C1CCN(CC#N)CC1c1ccc(F)c(C)c1. The molecule has 0 saturated carbocycles. The highest BCUT2D eigenvalue weighted by molar-refractivity contribution is 5.74. The molecule has 1 aliphatic rings. The molecule has 0 radical (unpaired) electrons. The van der Waals surface area contributed by atoms with Crippen LogP contribution in [0.3, 0.4) is 0 Å². The van der Waals surface area contributed by atoms with Crippen LogP contribution in [0.25, 0.3) is 0 Å². The van der Waals surface area contributed by atoms with Crippen LogP contribution in [0.5, 0.6) is 0 Å². The van der Waals surface area contributed by atoms with E-state index in [9.17, 15) is 9.18 Å². The Morgan fingerprint density at radius 2 is 2.33 bits per heavy atom. The zero-order chi connectivity index (χ0) is 15.4. The number of hydrogen-bond acceptors (Lipinski definition) is 4. The third-order valence-electron chi connectivity index (χ3n) is 4.11. The Morgan fingerprint density at radius 1 is 1.57 bits per heavy atom. The Hall–Kier alpha value is -1.93. The van der Waals surface area contributed by atoms with Crippen molar-refractivity contribution in [3.8, 4) is 6.07 Å². The van der Waals surface area contributed by atoms with Crippen molar-refractivity contribution in [2.24, 2.45) is 5.92 Å². The highest BCUT2D eigenvalue weighted by Gasteiger charge is 2.35. The van der Waals surface area contributed by atoms with Gasteiger partial charge >= 0.3 is 5.97 Å². The van der Waals surface area contributed by atoms with E-state index in [2.05, 4.69) is 6.07 Å². The van der Waals surface area contributed by atoms with E-state index in [0.717, 1.165) is 5.56 Å². The summed E-state index contributed by atoms with van der Waals surface area (Å²) in [5.41, 5.74) is 1.49. The van der Waals surface area contributed by atoms with Crippen molar-refractivity contribution in [3.05, 3.63) is 35.1 Å². The third kappa shape index (κ3) is 3.40. The first kappa shape index (κ1) is 15.5. The molecule has 0 N–H and O–H groups in total. The average molecular weight is 290 g/mol. The minimum atomic E-state index is -0.252. The molecule has 0 amide bonds. The van der Waals surface area contributed by atoms with E-state index in [0.29, 0.717) is 31.6 Å². The van der Waals surface area contributed by atoms with Gasteiger partial charge in [-0.2, -0.15) is 5.26 Å². The van der Waals surface area contributed by atoms with Gasteiger partial charge in [0.15, 0.2) is 0 Å². The van der Waals surface area contributed by atoms with E-state index in [1.807, 2.05) is 4.90 Å². The molecule has 5 heteroatoms. The van der Waals surface area contributed by atoms with E-state index in [1.165, 1.54) is 13.2 Å². The van der Waals surface area contributed by atoms with E-state index in [1.54, 1.807) is 19.1 Å². The standard InChI is InChI=1S/C16H19FN2O2/c1-11-9-12(3-4-15(11)17)14-10-19(8-6-18)7-5-13(14)16(20)21-2/h3-4,9,13-14H,5,7-8,10H2,1-2H3. The monoisotopic (exact) mass is 290 g/mol. The van der Waals surface area contributed by atoms with Gasteiger partial charge in [-0.15, -0.1) is 0 Å². The quantitative estimate of drug-likeness (QED) is 0.633. The number of likely N-dealkylation sites (tertiary alicyclic amines) is 1. The Bertz CT molecular complexity index is 568. The number of nitriles is 1. The highest BCUT2D eigenvalue weighted by Crippen LogP contribution is 2.34. The summed E-state index contributed by atoms with van der Waals surface area (Å²) >= 11 is 0. The highest BCUT2D eigenvalue weighted by atomic mass is 19.1. The maximum atomic E-state index is 13.4. The van der Waals surface area contributed by atoms with Gasteiger partial charge in [0.1, 0.15) is 5.82 Å². The molecule has 0 spiro atoms. The molecule has 112 valence electrons. The van der Waals surface area contributed by atoms with Crippen LogP contribution in [0.15, 0.2) is 18.2 Å². The molecule has 1 aromatic carbocycles. The number of esters is 1. The van der Waals surface area contributed by atoms with Crippen molar-refractivity contribution in [1.82, 2.24) is 4.90 Å². The van der Waals surface area contributed by atoms with Gasteiger partial charge in [0.2, 0.25) is 0 Å². The van der Waals surface area contributed by atoms with Gasteiger partial charge in [-0.1, -0.05) is 12.1 Å². The molecule has 1 fully saturated rings. The lowest BCUT2D eigenvalue weighted by atomic mass is 9.80. The minimum absolute atomic E-state index is 0.0705. The fourth-order valence-electron chi connectivity index (χ4n) is 2.93. The second-order valence-electron chi connectivity index (χ2n) is 5.43. The first-order chi connectivity index (χ1) is 10.1. The molecule has 2 rings (SSSR count). The normalized spacial score (nSPS) is 22.6. The van der Waals surface area contributed by atoms with Crippen LogP contribution in [0.1, 0.15) is 23.5 Å². The molecule has 4 nitrogen and oxygen atoms in total. The van der Waals surface area contributed by atoms with Crippen LogP contribution in [0.2, 0.25) is 0 Å². The predicted octanol–water partition coefficient (Wildman–Crippen LogP) is 2.24. The lowest BCUT2D eigenvalue weighted by molar-refractivity contribution is -0.147. The number of hydrogen-bond donors (Lipinski definition) is 0. The molecular weight excluding hydrogens is 271 g/mol. The van der Waals surface area contributed by atoms with E-state index >= 15 is 0 Å². The zero-order valence-electron chi connectivity index (χ0n) is 12.3. The maximum absolute atomic E-state index is 13.4. The van der Waals surface area contributed by atoms with Crippen LogP contribution in [-0.2, 0) is 9.53 Å². The summed E-state index contributed by atoms with van der Waals surface area (Å²) in [7, 11) is 1.39. The summed E-state index contributed by atoms with van der Waals surface area (Å²) in [4.78, 5) is 14.0. The Kier molecular flexibility index (Phi) is 4.92. The molecule has 21 heavy (non-hydrogen) atoms. The largest absolute Gasteiger partial charge is 0.469 e. The van der Waals surface area contributed by atoms with Gasteiger partial charge in [-0.05, 0) is 30.5 Å². The van der Waals surface area contributed by atoms with E-state index in [-0.39, 0.29) is 23.6 Å². The first-order valence-corrected chi connectivity index (χ1v) is 7.00. The van der Waals surface area contributed by atoms with Crippen LogP contribution in [-0.4, -0.2) is 37.6 Å². The van der Waals surface area contributed by atoms with Gasteiger partial charge in [-0.3, -0.25) is 9.69 Å². The Labute approximate surface area is 124 Å². The Morgan fingerprint density at radius 3 is 2.95 bits per heavy atom. The first-order valence-electron chi connectivity index (χ1n) is 7.00. The molecule has 1 saturated heterocycles. The van der Waals surface area contributed by atoms with Crippen LogP contribution >= 0.6 is 0 Å². The third-order valence-corrected chi connectivity index (χ3v) is 4.11. The number of methoxy groups -OCH3 is 1. The smallest absolute Gasteiger partial charge is 0.309 e. The molecule has 0 bridgehead atoms. The number of rotatable bonds is 3. The van der Waals surface area contributed by atoms with Crippen molar-refractivity contribution in [2.75, 3.05) is 26.7 Å². The van der Waals surface area contributed by atoms with Crippen LogP contribution in [0.4, 0.5) is 4.39 Å². The van der Waals surface area contributed by atoms with Crippen molar-refractivity contribution < 1.29 is 13.9 Å². The maximum Gasteiger partial charge on any atom is 0.309 e. The molecule has 2 atom stereocenters. The molecule has 2 unspecified atom stereocenters.